The van der Waals surface area contributed by atoms with Crippen molar-refractivity contribution in [1.82, 2.24) is 10.2 Å². The van der Waals surface area contributed by atoms with E-state index in [2.05, 4.69) is 31.4 Å². The van der Waals surface area contributed by atoms with Crippen molar-refractivity contribution in [2.75, 3.05) is 5.32 Å². The molecule has 0 bridgehead atoms. The quantitative estimate of drug-likeness (QED) is 0.876. The molecular formula is C10H8BrN3O. The van der Waals surface area contributed by atoms with Crippen molar-refractivity contribution in [2.45, 2.75) is 0 Å². The Kier molecular flexibility index (Phi) is 2.82. The zero-order valence-electron chi connectivity index (χ0n) is 7.70. The van der Waals surface area contributed by atoms with Gasteiger partial charge in [0.2, 0.25) is 0 Å². The Labute approximate surface area is 94.5 Å². The van der Waals surface area contributed by atoms with Crippen LogP contribution in [0.4, 0.5) is 11.5 Å². The van der Waals surface area contributed by atoms with Crippen molar-refractivity contribution in [1.29, 1.82) is 0 Å². The van der Waals surface area contributed by atoms with Gasteiger partial charge < -0.3 is 5.32 Å². The Balaban J connectivity index is 2.18. The maximum atomic E-state index is 10.8. The molecule has 0 aliphatic carbocycles. The van der Waals surface area contributed by atoms with Crippen molar-refractivity contribution >= 4 is 27.4 Å². The predicted molar refractivity (Wildman–Crippen MR) is 62.3 cm³/mol. The Morgan fingerprint density at radius 2 is 1.87 bits per heavy atom. The topological polar surface area (TPSA) is 57.8 Å². The van der Waals surface area contributed by atoms with Gasteiger partial charge in [0, 0.05) is 16.2 Å². The fourth-order valence-electron chi connectivity index (χ4n) is 1.10. The Bertz CT molecular complexity index is 486. The first-order valence-corrected chi connectivity index (χ1v) is 5.12. The number of halogens is 1. The summed E-state index contributed by atoms with van der Waals surface area (Å²) in [5, 5.41) is 9.25. The van der Waals surface area contributed by atoms with Gasteiger partial charge >= 0.3 is 0 Å². The van der Waals surface area contributed by atoms with Crippen molar-refractivity contribution in [3.63, 3.8) is 0 Å². The smallest absolute Gasteiger partial charge is 0.264 e. The largest absolute Gasteiger partial charge is 0.339 e. The molecule has 0 unspecified atom stereocenters. The van der Waals surface area contributed by atoms with Crippen molar-refractivity contribution in [3.8, 4) is 0 Å². The average Bonchev–Trinajstić information content (AvgIpc) is 2.25. The molecule has 0 aliphatic rings. The highest BCUT2D eigenvalue weighted by atomic mass is 79.9. The summed E-state index contributed by atoms with van der Waals surface area (Å²) >= 11 is 3.35. The molecule has 2 rings (SSSR count). The normalized spacial score (nSPS) is 9.93. The second-order valence-electron chi connectivity index (χ2n) is 2.94. The molecule has 0 spiro atoms. The van der Waals surface area contributed by atoms with Gasteiger partial charge in [0.05, 0.1) is 0 Å². The van der Waals surface area contributed by atoms with E-state index in [0.29, 0.717) is 5.82 Å². The van der Waals surface area contributed by atoms with E-state index in [1.165, 1.54) is 6.07 Å². The highest BCUT2D eigenvalue weighted by molar-refractivity contribution is 9.10. The molecule has 15 heavy (non-hydrogen) atoms. The van der Waals surface area contributed by atoms with Gasteiger partial charge in [-0.1, -0.05) is 15.9 Å². The molecule has 5 heteroatoms. The average molecular weight is 266 g/mol. The van der Waals surface area contributed by atoms with E-state index in [0.717, 1.165) is 10.2 Å². The third kappa shape index (κ3) is 2.66. The van der Waals surface area contributed by atoms with Crippen LogP contribution in [-0.2, 0) is 0 Å². The van der Waals surface area contributed by atoms with Gasteiger partial charge in [-0.3, -0.25) is 4.79 Å². The third-order valence-electron chi connectivity index (χ3n) is 1.80. The summed E-state index contributed by atoms with van der Waals surface area (Å²) in [7, 11) is 0. The molecule has 0 saturated heterocycles. The lowest BCUT2D eigenvalue weighted by atomic mass is 10.3. The second-order valence-corrected chi connectivity index (χ2v) is 3.85. The molecule has 76 valence electrons. The lowest BCUT2D eigenvalue weighted by molar-refractivity contribution is 0.994. The van der Waals surface area contributed by atoms with Gasteiger partial charge in [0.1, 0.15) is 0 Å². The molecule has 0 radical (unpaired) electrons. The maximum absolute atomic E-state index is 10.8. The molecule has 0 atom stereocenters. The molecule has 1 aromatic heterocycles. The van der Waals surface area contributed by atoms with E-state index >= 15 is 0 Å². The molecule has 1 aromatic carbocycles. The zero-order chi connectivity index (χ0) is 10.7. The minimum atomic E-state index is -0.212. The monoisotopic (exact) mass is 265 g/mol. The van der Waals surface area contributed by atoms with Gasteiger partial charge in [-0.15, -0.1) is 0 Å². The summed E-state index contributed by atoms with van der Waals surface area (Å²) in [6.07, 6.45) is 0. The lowest BCUT2D eigenvalue weighted by Crippen LogP contribution is -2.07. The number of nitrogens with zero attached hydrogens (tertiary/aromatic N) is 1. The first kappa shape index (κ1) is 9.92. The van der Waals surface area contributed by atoms with Crippen LogP contribution >= 0.6 is 15.9 Å². The van der Waals surface area contributed by atoms with Gasteiger partial charge in [0.15, 0.2) is 5.82 Å². The fraction of sp³-hybridized carbons (Fsp3) is 0. The van der Waals surface area contributed by atoms with Crippen LogP contribution in [0.1, 0.15) is 0 Å². The summed E-state index contributed by atoms with van der Waals surface area (Å²) in [4.78, 5) is 10.8. The van der Waals surface area contributed by atoms with E-state index < -0.39 is 0 Å². The highest BCUT2D eigenvalue weighted by Crippen LogP contribution is 2.16. The fourth-order valence-corrected chi connectivity index (χ4v) is 1.36. The summed E-state index contributed by atoms with van der Waals surface area (Å²) in [5.74, 6) is 0.608. The van der Waals surface area contributed by atoms with Crippen molar-refractivity contribution in [2.24, 2.45) is 0 Å². The lowest BCUT2D eigenvalue weighted by Gasteiger charge is -2.03. The zero-order valence-corrected chi connectivity index (χ0v) is 9.28. The van der Waals surface area contributed by atoms with Crippen LogP contribution in [0.2, 0.25) is 0 Å². The number of H-pyrrole nitrogens is 1. The van der Waals surface area contributed by atoms with Crippen LogP contribution in [-0.4, -0.2) is 10.2 Å². The van der Waals surface area contributed by atoms with Crippen LogP contribution in [0.5, 0.6) is 0 Å². The summed E-state index contributed by atoms with van der Waals surface area (Å²) < 4.78 is 1.02. The Morgan fingerprint density at radius 3 is 2.47 bits per heavy atom. The van der Waals surface area contributed by atoms with Crippen molar-refractivity contribution < 1.29 is 0 Å². The van der Waals surface area contributed by atoms with Crippen LogP contribution < -0.4 is 10.9 Å². The van der Waals surface area contributed by atoms with Crippen LogP contribution in [0.3, 0.4) is 0 Å². The number of rotatable bonds is 2. The Hall–Kier alpha value is -1.62. The van der Waals surface area contributed by atoms with Crippen LogP contribution in [0.25, 0.3) is 0 Å². The predicted octanol–water partition coefficient (Wildman–Crippen LogP) is 2.28. The van der Waals surface area contributed by atoms with Gasteiger partial charge in [-0.05, 0) is 30.3 Å². The molecule has 0 saturated carbocycles. The number of aromatic nitrogens is 2. The maximum Gasteiger partial charge on any atom is 0.264 e. The molecule has 0 aliphatic heterocycles. The first-order chi connectivity index (χ1) is 7.24. The van der Waals surface area contributed by atoms with E-state index in [1.54, 1.807) is 6.07 Å². The minimum Gasteiger partial charge on any atom is -0.339 e. The van der Waals surface area contributed by atoms with Gasteiger partial charge in [0.25, 0.3) is 5.56 Å². The van der Waals surface area contributed by atoms with E-state index in [9.17, 15) is 4.79 Å². The number of nitrogens with one attached hydrogen (secondary N) is 2. The van der Waals surface area contributed by atoms with Crippen LogP contribution in [0.15, 0.2) is 45.7 Å². The number of benzene rings is 1. The summed E-state index contributed by atoms with van der Waals surface area (Å²) in [5.41, 5.74) is 0.703. The SMILES string of the molecule is O=c1ccc(Nc2ccc(Br)cc2)n[nH]1. The second kappa shape index (κ2) is 4.27. The standard InChI is InChI=1S/C10H8BrN3O/c11-7-1-3-8(4-2-7)12-9-5-6-10(15)14-13-9/h1-6H,(H,12,13)(H,14,15). The van der Waals surface area contributed by atoms with Crippen LogP contribution in [0, 0.1) is 0 Å². The Morgan fingerprint density at radius 1 is 1.13 bits per heavy atom. The number of hydrogen-bond donors (Lipinski definition) is 2. The van der Waals surface area contributed by atoms with E-state index in [4.69, 9.17) is 0 Å². The number of aromatic amines is 1. The van der Waals surface area contributed by atoms with Crippen molar-refractivity contribution in [3.05, 3.63) is 51.2 Å². The molecule has 2 N–H and O–H groups in total. The third-order valence-corrected chi connectivity index (χ3v) is 2.32. The van der Waals surface area contributed by atoms with Gasteiger partial charge in [-0.25, -0.2) is 5.10 Å². The van der Waals surface area contributed by atoms with Gasteiger partial charge in [-0.2, -0.15) is 5.10 Å². The molecular weight excluding hydrogens is 258 g/mol. The highest BCUT2D eigenvalue weighted by Gasteiger charge is 1.95. The molecule has 1 heterocycles. The summed E-state index contributed by atoms with van der Waals surface area (Å²) in [6, 6.07) is 10.7. The molecule has 2 aromatic rings. The number of hydrogen-bond acceptors (Lipinski definition) is 3. The minimum absolute atomic E-state index is 0.212. The molecule has 4 nitrogen and oxygen atoms in total. The number of anilines is 2. The molecule has 0 fully saturated rings. The summed E-state index contributed by atoms with van der Waals surface area (Å²) in [6.45, 7) is 0. The van der Waals surface area contributed by atoms with E-state index in [1.807, 2.05) is 24.3 Å². The molecule has 0 amide bonds. The van der Waals surface area contributed by atoms with E-state index in [-0.39, 0.29) is 5.56 Å². The first-order valence-electron chi connectivity index (χ1n) is 4.32.